The van der Waals surface area contributed by atoms with E-state index in [9.17, 15) is 10.1 Å². The topological polar surface area (TPSA) is 148 Å². The molecule has 1 amide bonds. The highest BCUT2D eigenvalue weighted by Crippen LogP contribution is 2.43. The maximum Gasteiger partial charge on any atom is 0.257 e. The van der Waals surface area contributed by atoms with Gasteiger partial charge in [-0.3, -0.25) is 9.89 Å². The van der Waals surface area contributed by atoms with Gasteiger partial charge in [0.25, 0.3) is 5.91 Å². The lowest BCUT2D eigenvalue weighted by molar-refractivity contribution is 0.0947. The number of hydrogen-bond donors (Lipinski definition) is 3. The number of anilines is 2. The van der Waals surface area contributed by atoms with Gasteiger partial charge in [-0.2, -0.15) is 5.26 Å². The van der Waals surface area contributed by atoms with Gasteiger partial charge in [0.05, 0.1) is 28.4 Å². The number of pyridine rings is 1. The largest absolute Gasteiger partial charge is 0.493 e. The summed E-state index contributed by atoms with van der Waals surface area (Å²) >= 11 is 0. The molecule has 0 saturated heterocycles. The number of ether oxygens (including phenoxy) is 4. The zero-order valence-electron chi connectivity index (χ0n) is 22.8. The van der Waals surface area contributed by atoms with E-state index in [0.29, 0.717) is 57.6 Å². The molecule has 12 heteroatoms. The Balaban J connectivity index is 1.43. The Morgan fingerprint density at radius 2 is 1.76 bits per heavy atom. The number of carbonyl (C=O) groups excluding carboxylic acids is 1. The number of carbonyl (C=O) groups is 1. The van der Waals surface area contributed by atoms with Gasteiger partial charge >= 0.3 is 0 Å². The highest BCUT2D eigenvalue weighted by atomic mass is 16.5. The second-order valence-electron chi connectivity index (χ2n) is 8.75. The summed E-state index contributed by atoms with van der Waals surface area (Å²) in [5.74, 6) is 1.98. The van der Waals surface area contributed by atoms with Gasteiger partial charge in [-0.05, 0) is 42.0 Å². The molecule has 0 atom stereocenters. The fourth-order valence-corrected chi connectivity index (χ4v) is 4.38. The number of aromatic nitrogens is 4. The number of hydrogen-bond acceptors (Lipinski definition) is 9. The SMILES string of the molecule is COc1cc(-c2nc3c(C#N)c[nH]n3c2Nc2ccc(CNC(=O)c3cccnc3OC)cc2)cc(OC)c1OC. The molecule has 0 unspecified atom stereocenters. The predicted octanol–water partition coefficient (Wildman–Crippen LogP) is 4.30. The Hall–Kier alpha value is -5.70. The van der Waals surface area contributed by atoms with E-state index in [2.05, 4.69) is 26.8 Å². The first-order valence-electron chi connectivity index (χ1n) is 12.4. The Labute approximate surface area is 235 Å². The molecule has 0 bridgehead atoms. The Morgan fingerprint density at radius 3 is 2.39 bits per heavy atom. The maximum absolute atomic E-state index is 12.6. The van der Waals surface area contributed by atoms with E-state index >= 15 is 0 Å². The number of benzene rings is 2. The number of nitrogens with one attached hydrogen (secondary N) is 3. The molecule has 0 radical (unpaired) electrons. The van der Waals surface area contributed by atoms with Crippen LogP contribution in [-0.2, 0) is 6.54 Å². The fourth-order valence-electron chi connectivity index (χ4n) is 4.38. The molecular formula is C29H27N7O5. The second-order valence-corrected chi connectivity index (χ2v) is 8.75. The average Bonchev–Trinajstić information content (AvgIpc) is 3.59. The van der Waals surface area contributed by atoms with Crippen molar-refractivity contribution in [3.8, 4) is 40.5 Å². The molecule has 0 aliphatic heterocycles. The van der Waals surface area contributed by atoms with Crippen molar-refractivity contribution in [1.82, 2.24) is 24.9 Å². The summed E-state index contributed by atoms with van der Waals surface area (Å²) in [6, 6.07) is 16.7. The van der Waals surface area contributed by atoms with E-state index in [1.165, 1.54) is 14.2 Å². The van der Waals surface area contributed by atoms with Crippen molar-refractivity contribution in [2.45, 2.75) is 6.54 Å². The molecule has 0 saturated carbocycles. The molecule has 5 rings (SSSR count). The van der Waals surface area contributed by atoms with E-state index in [1.54, 1.807) is 55.4 Å². The van der Waals surface area contributed by atoms with Gasteiger partial charge < -0.3 is 29.6 Å². The lowest BCUT2D eigenvalue weighted by Gasteiger charge is -2.14. The van der Waals surface area contributed by atoms with Crippen molar-refractivity contribution in [2.24, 2.45) is 0 Å². The number of fused-ring (bicyclic) bond motifs is 1. The number of nitrogens with zero attached hydrogens (tertiary/aromatic N) is 4. The van der Waals surface area contributed by atoms with Crippen molar-refractivity contribution in [3.05, 3.63) is 77.6 Å². The molecule has 208 valence electrons. The third-order valence-electron chi connectivity index (χ3n) is 6.39. The van der Waals surface area contributed by atoms with Crippen LogP contribution in [0.5, 0.6) is 23.1 Å². The summed E-state index contributed by atoms with van der Waals surface area (Å²) in [6.07, 6.45) is 3.16. The molecule has 3 heterocycles. The molecule has 3 N–H and O–H groups in total. The first kappa shape index (κ1) is 26.9. The van der Waals surface area contributed by atoms with Crippen molar-refractivity contribution >= 4 is 23.1 Å². The number of amides is 1. The summed E-state index contributed by atoms with van der Waals surface area (Å²) in [7, 11) is 6.10. The summed E-state index contributed by atoms with van der Waals surface area (Å²) < 4.78 is 23.4. The Kier molecular flexibility index (Phi) is 7.60. The molecular weight excluding hydrogens is 526 g/mol. The van der Waals surface area contributed by atoms with Crippen LogP contribution in [0.4, 0.5) is 11.5 Å². The van der Waals surface area contributed by atoms with Gasteiger partial charge in [0.1, 0.15) is 22.9 Å². The van der Waals surface area contributed by atoms with E-state index in [-0.39, 0.29) is 11.8 Å². The van der Waals surface area contributed by atoms with Crippen molar-refractivity contribution in [2.75, 3.05) is 33.8 Å². The third kappa shape index (κ3) is 5.16. The van der Waals surface area contributed by atoms with Gasteiger partial charge in [-0.1, -0.05) is 12.1 Å². The molecule has 5 aromatic rings. The van der Waals surface area contributed by atoms with Crippen LogP contribution in [0.25, 0.3) is 16.9 Å². The minimum absolute atomic E-state index is 0.267. The predicted molar refractivity (Wildman–Crippen MR) is 151 cm³/mol. The number of imidazole rings is 1. The van der Waals surface area contributed by atoms with Gasteiger partial charge in [-0.15, -0.1) is 0 Å². The van der Waals surface area contributed by atoms with Gasteiger partial charge in [-0.25, -0.2) is 14.5 Å². The van der Waals surface area contributed by atoms with Crippen LogP contribution in [0, 0.1) is 11.3 Å². The zero-order valence-corrected chi connectivity index (χ0v) is 22.8. The highest BCUT2D eigenvalue weighted by molar-refractivity contribution is 5.96. The van der Waals surface area contributed by atoms with Crippen molar-refractivity contribution in [1.29, 1.82) is 5.26 Å². The van der Waals surface area contributed by atoms with Crippen molar-refractivity contribution < 1.29 is 23.7 Å². The molecule has 0 fully saturated rings. The molecule has 2 aromatic carbocycles. The number of H-pyrrole nitrogens is 1. The van der Waals surface area contributed by atoms with Crippen LogP contribution >= 0.6 is 0 Å². The van der Waals surface area contributed by atoms with Crippen LogP contribution in [0.3, 0.4) is 0 Å². The summed E-state index contributed by atoms with van der Waals surface area (Å²) in [6.45, 7) is 0.312. The number of aromatic amines is 1. The summed E-state index contributed by atoms with van der Waals surface area (Å²) in [5, 5.41) is 19.0. The highest BCUT2D eigenvalue weighted by Gasteiger charge is 2.22. The van der Waals surface area contributed by atoms with Crippen LogP contribution in [0.2, 0.25) is 0 Å². The zero-order chi connectivity index (χ0) is 28.9. The minimum Gasteiger partial charge on any atom is -0.493 e. The third-order valence-corrected chi connectivity index (χ3v) is 6.39. The van der Waals surface area contributed by atoms with Crippen LogP contribution in [0.1, 0.15) is 21.5 Å². The van der Waals surface area contributed by atoms with E-state index < -0.39 is 0 Å². The average molecular weight is 554 g/mol. The minimum atomic E-state index is -0.283. The molecule has 0 aliphatic rings. The van der Waals surface area contributed by atoms with Gasteiger partial charge in [0, 0.05) is 30.2 Å². The Morgan fingerprint density at radius 1 is 1.02 bits per heavy atom. The van der Waals surface area contributed by atoms with Crippen molar-refractivity contribution in [3.63, 3.8) is 0 Å². The summed E-state index contributed by atoms with van der Waals surface area (Å²) in [5.41, 5.74) is 4.12. The molecule has 41 heavy (non-hydrogen) atoms. The van der Waals surface area contributed by atoms with Crippen LogP contribution < -0.4 is 29.6 Å². The first-order valence-corrected chi connectivity index (χ1v) is 12.4. The number of rotatable bonds is 10. The smallest absolute Gasteiger partial charge is 0.257 e. The lowest BCUT2D eigenvalue weighted by atomic mass is 10.1. The number of methoxy groups -OCH3 is 4. The fraction of sp³-hybridized carbons (Fsp3) is 0.172. The number of nitriles is 1. The second kappa shape index (κ2) is 11.6. The van der Waals surface area contributed by atoms with Gasteiger partial charge in [0.2, 0.25) is 11.6 Å². The first-order chi connectivity index (χ1) is 20.0. The molecule has 12 nitrogen and oxygen atoms in total. The Bertz CT molecular complexity index is 1730. The van der Waals surface area contributed by atoms with Crippen LogP contribution in [-0.4, -0.2) is 53.9 Å². The van der Waals surface area contributed by atoms with Crippen LogP contribution in [0.15, 0.2) is 60.9 Å². The van der Waals surface area contributed by atoms with E-state index in [0.717, 1.165) is 11.3 Å². The lowest BCUT2D eigenvalue weighted by Crippen LogP contribution is -2.23. The maximum atomic E-state index is 12.6. The molecule has 0 aliphatic carbocycles. The monoisotopic (exact) mass is 553 g/mol. The molecule has 0 spiro atoms. The standard InChI is InChI=1S/C29H27N7O5/c1-38-22-12-18(13-23(39-2)25(22)40-3)24-27(36-26(35-24)19(14-30)16-33-36)34-20-9-7-17(8-10-20)15-32-28(37)21-6-5-11-31-29(21)41-4/h5-13,16,33-34H,15H2,1-4H3,(H,32,37). The van der Waals surface area contributed by atoms with E-state index in [4.69, 9.17) is 23.9 Å². The van der Waals surface area contributed by atoms with Gasteiger partial charge in [0.15, 0.2) is 23.0 Å². The quantitative estimate of drug-likeness (QED) is 0.230. The summed E-state index contributed by atoms with van der Waals surface area (Å²) in [4.78, 5) is 21.5. The normalized spacial score (nSPS) is 10.6. The van der Waals surface area contributed by atoms with E-state index in [1.807, 2.05) is 24.3 Å². The molecule has 3 aromatic heterocycles.